The summed E-state index contributed by atoms with van der Waals surface area (Å²) < 4.78 is 1.01. The minimum atomic E-state index is 0.120. The van der Waals surface area contributed by atoms with Gasteiger partial charge in [0.15, 0.2) is 0 Å². The Morgan fingerprint density at radius 2 is 1.92 bits per heavy atom. The zero-order valence-electron chi connectivity index (χ0n) is 8.19. The third kappa shape index (κ3) is 3.59. The van der Waals surface area contributed by atoms with Crippen molar-refractivity contribution in [2.45, 2.75) is 20.8 Å². The number of nitrogens with two attached hydrogens (primary N) is 1. The second-order valence-corrected chi connectivity index (χ2v) is 3.29. The summed E-state index contributed by atoms with van der Waals surface area (Å²) in [6, 6.07) is 5.65. The highest BCUT2D eigenvalue weighted by atomic mass is 79.9. The zero-order valence-corrected chi connectivity index (χ0v) is 9.77. The van der Waals surface area contributed by atoms with Crippen LogP contribution in [-0.2, 0) is 0 Å². The van der Waals surface area contributed by atoms with Gasteiger partial charge in [-0.2, -0.15) is 0 Å². The van der Waals surface area contributed by atoms with E-state index in [-0.39, 0.29) is 5.84 Å². The lowest BCUT2D eigenvalue weighted by molar-refractivity contribution is 1.36. The molecule has 0 amide bonds. The molecular weight excluding hydrogens is 228 g/mol. The van der Waals surface area contributed by atoms with Crippen LogP contribution >= 0.6 is 15.9 Å². The molecular formula is C10H15BrN2. The standard InChI is InChI=1S/C8H9BrN2.C2H6/c1-5-4-6(9)2-3-7(5)8(10)11;1-2/h2-4H,1H3,(H3,10,11);1-2H3. The largest absolute Gasteiger partial charge is 0.384 e. The molecule has 1 rings (SSSR count). The first kappa shape index (κ1) is 12.2. The van der Waals surface area contributed by atoms with Crippen molar-refractivity contribution in [2.24, 2.45) is 5.73 Å². The third-order valence-corrected chi connectivity index (χ3v) is 1.97. The molecule has 0 atom stereocenters. The van der Waals surface area contributed by atoms with Crippen molar-refractivity contribution in [3.63, 3.8) is 0 Å². The van der Waals surface area contributed by atoms with Crippen molar-refractivity contribution >= 4 is 21.8 Å². The van der Waals surface area contributed by atoms with Gasteiger partial charge in [-0.05, 0) is 30.7 Å². The Kier molecular flexibility index (Phi) is 5.39. The molecule has 0 aliphatic rings. The highest BCUT2D eigenvalue weighted by Crippen LogP contribution is 2.14. The minimum absolute atomic E-state index is 0.120. The molecule has 0 aromatic heterocycles. The number of benzene rings is 1. The highest BCUT2D eigenvalue weighted by Gasteiger charge is 2.00. The SMILES string of the molecule is CC.Cc1cc(Br)ccc1C(=N)N. The first-order valence-corrected chi connectivity index (χ1v) is 5.01. The second-order valence-electron chi connectivity index (χ2n) is 2.37. The molecule has 0 bridgehead atoms. The molecule has 13 heavy (non-hydrogen) atoms. The van der Waals surface area contributed by atoms with Crippen LogP contribution in [0.25, 0.3) is 0 Å². The zero-order chi connectivity index (χ0) is 10.4. The van der Waals surface area contributed by atoms with Gasteiger partial charge in [0.05, 0.1) is 0 Å². The van der Waals surface area contributed by atoms with E-state index in [1.165, 1.54) is 0 Å². The van der Waals surface area contributed by atoms with E-state index in [9.17, 15) is 0 Å². The van der Waals surface area contributed by atoms with Gasteiger partial charge in [-0.15, -0.1) is 0 Å². The highest BCUT2D eigenvalue weighted by molar-refractivity contribution is 9.10. The summed E-state index contributed by atoms with van der Waals surface area (Å²) in [6.45, 7) is 5.93. The fraction of sp³-hybridized carbons (Fsp3) is 0.300. The van der Waals surface area contributed by atoms with Crippen molar-refractivity contribution in [2.75, 3.05) is 0 Å². The molecule has 3 N–H and O–H groups in total. The van der Waals surface area contributed by atoms with Crippen molar-refractivity contribution in [3.8, 4) is 0 Å². The molecule has 0 unspecified atom stereocenters. The van der Waals surface area contributed by atoms with Gasteiger partial charge in [-0.25, -0.2) is 0 Å². The maximum absolute atomic E-state index is 7.21. The summed E-state index contributed by atoms with van der Waals surface area (Å²) in [7, 11) is 0. The van der Waals surface area contributed by atoms with Crippen LogP contribution < -0.4 is 5.73 Å². The number of halogens is 1. The van der Waals surface area contributed by atoms with Crippen LogP contribution in [0.15, 0.2) is 22.7 Å². The van der Waals surface area contributed by atoms with E-state index in [0.29, 0.717) is 0 Å². The van der Waals surface area contributed by atoms with Crippen molar-refractivity contribution in [3.05, 3.63) is 33.8 Å². The summed E-state index contributed by atoms with van der Waals surface area (Å²) in [6.07, 6.45) is 0. The smallest absolute Gasteiger partial charge is 0.123 e. The van der Waals surface area contributed by atoms with Gasteiger partial charge < -0.3 is 5.73 Å². The van der Waals surface area contributed by atoms with Crippen LogP contribution in [0.2, 0.25) is 0 Å². The van der Waals surface area contributed by atoms with Crippen LogP contribution in [0, 0.1) is 12.3 Å². The molecule has 0 saturated heterocycles. The quantitative estimate of drug-likeness (QED) is 0.578. The Morgan fingerprint density at radius 3 is 2.31 bits per heavy atom. The molecule has 0 aliphatic heterocycles. The fourth-order valence-electron chi connectivity index (χ4n) is 0.929. The molecule has 72 valence electrons. The number of amidine groups is 1. The maximum atomic E-state index is 7.21. The van der Waals surface area contributed by atoms with E-state index in [2.05, 4.69) is 15.9 Å². The number of nitrogens with one attached hydrogen (secondary N) is 1. The van der Waals surface area contributed by atoms with Gasteiger partial charge in [0.2, 0.25) is 0 Å². The normalized spacial score (nSPS) is 8.62. The predicted octanol–water partition coefficient (Wildman–Crippen LogP) is 3.07. The first-order chi connectivity index (χ1) is 6.11. The lowest BCUT2D eigenvalue weighted by Crippen LogP contribution is -2.12. The predicted molar refractivity (Wildman–Crippen MR) is 61.2 cm³/mol. The molecule has 0 saturated carbocycles. The van der Waals surface area contributed by atoms with Gasteiger partial charge in [0, 0.05) is 10.0 Å². The average Bonchev–Trinajstić information content (AvgIpc) is 2.07. The summed E-state index contributed by atoms with van der Waals surface area (Å²) in [5, 5.41) is 7.21. The Morgan fingerprint density at radius 1 is 1.38 bits per heavy atom. The molecule has 3 heteroatoms. The molecule has 0 spiro atoms. The summed E-state index contributed by atoms with van der Waals surface area (Å²) in [4.78, 5) is 0. The Labute approximate surface area is 87.8 Å². The maximum Gasteiger partial charge on any atom is 0.123 e. The number of hydrogen-bond donors (Lipinski definition) is 2. The van der Waals surface area contributed by atoms with Crippen molar-refractivity contribution in [1.82, 2.24) is 0 Å². The van der Waals surface area contributed by atoms with E-state index >= 15 is 0 Å². The molecule has 0 heterocycles. The molecule has 1 aromatic rings. The van der Waals surface area contributed by atoms with Crippen LogP contribution in [0.5, 0.6) is 0 Å². The third-order valence-electron chi connectivity index (χ3n) is 1.48. The number of nitrogen functional groups attached to an aromatic ring is 1. The van der Waals surface area contributed by atoms with Crippen molar-refractivity contribution in [1.29, 1.82) is 5.41 Å². The monoisotopic (exact) mass is 242 g/mol. The van der Waals surface area contributed by atoms with Gasteiger partial charge in [0.25, 0.3) is 0 Å². The van der Waals surface area contributed by atoms with Crippen LogP contribution in [0.4, 0.5) is 0 Å². The van der Waals surface area contributed by atoms with E-state index in [4.69, 9.17) is 11.1 Å². The summed E-state index contributed by atoms with van der Waals surface area (Å²) >= 11 is 3.33. The number of aryl methyl sites for hydroxylation is 1. The van der Waals surface area contributed by atoms with Gasteiger partial charge in [0.1, 0.15) is 5.84 Å². The van der Waals surface area contributed by atoms with E-state index in [0.717, 1.165) is 15.6 Å². The van der Waals surface area contributed by atoms with E-state index in [1.807, 2.05) is 39.0 Å². The lowest BCUT2D eigenvalue weighted by atomic mass is 10.1. The van der Waals surface area contributed by atoms with Crippen LogP contribution in [-0.4, -0.2) is 5.84 Å². The van der Waals surface area contributed by atoms with Crippen LogP contribution in [0.3, 0.4) is 0 Å². The molecule has 1 aromatic carbocycles. The Balaban J connectivity index is 0.000000671. The topological polar surface area (TPSA) is 49.9 Å². The number of rotatable bonds is 1. The molecule has 0 radical (unpaired) electrons. The summed E-state index contributed by atoms with van der Waals surface area (Å²) in [5.74, 6) is 0.120. The number of hydrogen-bond acceptors (Lipinski definition) is 1. The summed E-state index contributed by atoms with van der Waals surface area (Å²) in [5.41, 5.74) is 7.15. The van der Waals surface area contributed by atoms with E-state index in [1.54, 1.807) is 0 Å². The molecule has 2 nitrogen and oxygen atoms in total. The Hall–Kier alpha value is -0.830. The minimum Gasteiger partial charge on any atom is -0.384 e. The van der Waals surface area contributed by atoms with E-state index < -0.39 is 0 Å². The second kappa shape index (κ2) is 5.75. The van der Waals surface area contributed by atoms with Crippen LogP contribution in [0.1, 0.15) is 25.0 Å². The fourth-order valence-corrected chi connectivity index (χ4v) is 1.40. The van der Waals surface area contributed by atoms with Crippen molar-refractivity contribution < 1.29 is 0 Å². The van der Waals surface area contributed by atoms with Gasteiger partial charge in [-0.1, -0.05) is 29.8 Å². The lowest BCUT2D eigenvalue weighted by Gasteiger charge is -2.02. The van der Waals surface area contributed by atoms with Gasteiger partial charge in [-0.3, -0.25) is 5.41 Å². The first-order valence-electron chi connectivity index (χ1n) is 4.22. The average molecular weight is 243 g/mol. The molecule has 0 fully saturated rings. The molecule has 0 aliphatic carbocycles. The van der Waals surface area contributed by atoms with Gasteiger partial charge >= 0.3 is 0 Å². The Bertz CT molecular complexity index is 295.